The number of alkyl halides is 1. The van der Waals surface area contributed by atoms with Gasteiger partial charge < -0.3 is 4.90 Å². The van der Waals surface area contributed by atoms with Crippen molar-refractivity contribution in [1.82, 2.24) is 0 Å². The molecule has 3 rings (SSSR count). The second-order valence-electron chi connectivity index (χ2n) is 6.00. The summed E-state index contributed by atoms with van der Waals surface area (Å²) in [7, 11) is 0. The number of nitro benzene ring substituents is 1. The Bertz CT molecular complexity index is 499. The maximum absolute atomic E-state index is 10.9. The summed E-state index contributed by atoms with van der Waals surface area (Å²) in [6, 6.07) is 5.27. The van der Waals surface area contributed by atoms with Gasteiger partial charge in [0.2, 0.25) is 0 Å². The Morgan fingerprint density at radius 1 is 1.20 bits per heavy atom. The third-order valence-electron chi connectivity index (χ3n) is 4.11. The molecule has 0 spiro atoms. The van der Waals surface area contributed by atoms with Gasteiger partial charge in [0.1, 0.15) is 0 Å². The summed E-state index contributed by atoms with van der Waals surface area (Å²) >= 11 is 3.47. The van der Waals surface area contributed by atoms with E-state index in [9.17, 15) is 10.1 Å². The molecule has 2 aliphatic carbocycles. The van der Waals surface area contributed by atoms with E-state index in [1.807, 2.05) is 6.07 Å². The lowest BCUT2D eigenvalue weighted by Gasteiger charge is -2.27. The highest BCUT2D eigenvalue weighted by Gasteiger charge is 2.30. The van der Waals surface area contributed by atoms with Gasteiger partial charge >= 0.3 is 0 Å². The summed E-state index contributed by atoms with van der Waals surface area (Å²) < 4.78 is 0. The quantitative estimate of drug-likeness (QED) is 0.427. The van der Waals surface area contributed by atoms with Crippen LogP contribution in [0.5, 0.6) is 0 Å². The van der Waals surface area contributed by atoms with Crippen molar-refractivity contribution in [1.29, 1.82) is 0 Å². The molecule has 0 aliphatic heterocycles. The zero-order chi connectivity index (χ0) is 14.1. The van der Waals surface area contributed by atoms with Crippen molar-refractivity contribution in [2.24, 2.45) is 11.8 Å². The van der Waals surface area contributed by atoms with Crippen LogP contribution in [-0.4, -0.2) is 18.0 Å². The number of hydrogen-bond donors (Lipinski definition) is 0. The van der Waals surface area contributed by atoms with E-state index in [1.54, 1.807) is 12.1 Å². The van der Waals surface area contributed by atoms with E-state index >= 15 is 0 Å². The molecule has 20 heavy (non-hydrogen) atoms. The van der Waals surface area contributed by atoms with Gasteiger partial charge in [0.25, 0.3) is 5.69 Å². The number of benzene rings is 1. The van der Waals surface area contributed by atoms with Crippen LogP contribution in [0.2, 0.25) is 0 Å². The zero-order valence-electron chi connectivity index (χ0n) is 11.4. The molecule has 0 radical (unpaired) electrons. The molecule has 2 fully saturated rings. The number of hydrogen-bond acceptors (Lipinski definition) is 3. The lowest BCUT2D eigenvalue weighted by molar-refractivity contribution is -0.384. The molecule has 108 valence electrons. The van der Waals surface area contributed by atoms with Crippen molar-refractivity contribution in [3.8, 4) is 0 Å². The molecule has 0 aromatic heterocycles. The molecule has 1 aromatic carbocycles. The minimum Gasteiger partial charge on any atom is -0.371 e. The highest BCUT2D eigenvalue weighted by Crippen LogP contribution is 2.37. The summed E-state index contributed by atoms with van der Waals surface area (Å²) in [6.07, 6.45) is 5.32. The molecule has 0 heterocycles. The van der Waals surface area contributed by atoms with Crippen LogP contribution in [-0.2, 0) is 5.33 Å². The first kappa shape index (κ1) is 13.9. The van der Waals surface area contributed by atoms with Crippen LogP contribution >= 0.6 is 15.9 Å². The third kappa shape index (κ3) is 3.32. The Morgan fingerprint density at radius 3 is 2.25 bits per heavy atom. The van der Waals surface area contributed by atoms with Crippen molar-refractivity contribution < 1.29 is 4.92 Å². The van der Waals surface area contributed by atoms with Gasteiger partial charge in [-0.15, -0.1) is 0 Å². The van der Waals surface area contributed by atoms with Crippen LogP contribution in [0.15, 0.2) is 18.2 Å². The summed E-state index contributed by atoms with van der Waals surface area (Å²) in [5.41, 5.74) is 2.38. The topological polar surface area (TPSA) is 46.4 Å². The van der Waals surface area contributed by atoms with Gasteiger partial charge in [-0.3, -0.25) is 10.1 Å². The zero-order valence-corrected chi connectivity index (χ0v) is 13.0. The van der Waals surface area contributed by atoms with E-state index in [0.717, 1.165) is 30.5 Å². The Labute approximate surface area is 127 Å². The van der Waals surface area contributed by atoms with Gasteiger partial charge in [-0.1, -0.05) is 15.9 Å². The maximum atomic E-state index is 10.9. The van der Waals surface area contributed by atoms with Gasteiger partial charge in [-0.2, -0.15) is 0 Å². The lowest BCUT2D eigenvalue weighted by atomic mass is 10.1. The van der Waals surface area contributed by atoms with Crippen LogP contribution in [0.3, 0.4) is 0 Å². The van der Waals surface area contributed by atoms with Crippen molar-refractivity contribution in [3.63, 3.8) is 0 Å². The molecular weight excluding hydrogens is 320 g/mol. The summed E-state index contributed by atoms with van der Waals surface area (Å²) in [5.74, 6) is 1.65. The van der Waals surface area contributed by atoms with Gasteiger partial charge in [0.15, 0.2) is 0 Å². The number of rotatable bonds is 7. The first-order valence-electron chi connectivity index (χ1n) is 7.25. The predicted octanol–water partition coefficient (Wildman–Crippen LogP) is 4.12. The standard InChI is InChI=1S/C15H19BrN2O2/c16-8-13-7-14(18(19)20)5-6-15(13)17(9-11-1-2-11)10-12-3-4-12/h5-7,11-12H,1-4,8-10H2. The first-order chi connectivity index (χ1) is 9.67. The van der Waals surface area contributed by atoms with Crippen molar-refractivity contribution in [3.05, 3.63) is 33.9 Å². The minimum absolute atomic E-state index is 0.181. The molecule has 0 unspecified atom stereocenters. The van der Waals surface area contributed by atoms with Crippen LogP contribution in [0, 0.1) is 22.0 Å². The van der Waals surface area contributed by atoms with Gasteiger partial charge in [0.05, 0.1) is 4.92 Å². The molecule has 2 aliphatic rings. The first-order valence-corrected chi connectivity index (χ1v) is 8.37. The minimum atomic E-state index is -0.317. The smallest absolute Gasteiger partial charge is 0.269 e. The fourth-order valence-corrected chi connectivity index (χ4v) is 3.05. The number of nitrogens with zero attached hydrogens (tertiary/aromatic N) is 2. The molecule has 4 nitrogen and oxygen atoms in total. The van der Waals surface area contributed by atoms with E-state index in [-0.39, 0.29) is 10.6 Å². The average Bonchev–Trinajstić information content (AvgIpc) is 3.32. The molecule has 5 heteroatoms. The van der Waals surface area contributed by atoms with Gasteiger partial charge in [-0.25, -0.2) is 0 Å². The molecule has 0 atom stereocenters. The largest absolute Gasteiger partial charge is 0.371 e. The Hall–Kier alpha value is -1.10. The predicted molar refractivity (Wildman–Crippen MR) is 83.4 cm³/mol. The Kier molecular flexibility index (Phi) is 3.96. The summed E-state index contributed by atoms with van der Waals surface area (Å²) in [6.45, 7) is 2.21. The molecule has 0 bridgehead atoms. The molecule has 1 aromatic rings. The Morgan fingerprint density at radius 2 is 1.80 bits per heavy atom. The SMILES string of the molecule is O=[N+]([O-])c1ccc(N(CC2CC2)CC2CC2)c(CBr)c1. The van der Waals surface area contributed by atoms with Crippen LogP contribution in [0.4, 0.5) is 11.4 Å². The van der Waals surface area contributed by atoms with E-state index < -0.39 is 0 Å². The highest BCUT2D eigenvalue weighted by molar-refractivity contribution is 9.08. The molecule has 2 saturated carbocycles. The number of anilines is 1. The number of nitro groups is 1. The van der Waals surface area contributed by atoms with E-state index in [4.69, 9.17) is 0 Å². The van der Waals surface area contributed by atoms with Crippen molar-refractivity contribution in [2.75, 3.05) is 18.0 Å². The molecular formula is C15H19BrN2O2. The second-order valence-corrected chi connectivity index (χ2v) is 6.56. The number of halogens is 1. The fourth-order valence-electron chi connectivity index (χ4n) is 2.60. The molecule has 0 amide bonds. The normalized spacial score (nSPS) is 18.1. The molecule has 0 saturated heterocycles. The summed E-state index contributed by atoms with van der Waals surface area (Å²) in [4.78, 5) is 13.0. The van der Waals surface area contributed by atoms with Crippen LogP contribution in [0.25, 0.3) is 0 Å². The van der Waals surface area contributed by atoms with E-state index in [0.29, 0.717) is 5.33 Å². The van der Waals surface area contributed by atoms with Gasteiger partial charge in [-0.05, 0) is 49.1 Å². The monoisotopic (exact) mass is 338 g/mol. The van der Waals surface area contributed by atoms with Crippen LogP contribution in [0.1, 0.15) is 31.2 Å². The van der Waals surface area contributed by atoms with Crippen molar-refractivity contribution >= 4 is 27.3 Å². The van der Waals surface area contributed by atoms with E-state index in [2.05, 4.69) is 20.8 Å². The summed E-state index contributed by atoms with van der Waals surface area (Å²) in [5, 5.41) is 11.6. The average molecular weight is 339 g/mol. The van der Waals surface area contributed by atoms with Crippen molar-refractivity contribution in [2.45, 2.75) is 31.0 Å². The third-order valence-corrected chi connectivity index (χ3v) is 4.71. The fraction of sp³-hybridized carbons (Fsp3) is 0.600. The second kappa shape index (κ2) is 5.72. The molecule has 0 N–H and O–H groups in total. The van der Waals surface area contributed by atoms with E-state index in [1.165, 1.54) is 31.4 Å². The highest BCUT2D eigenvalue weighted by atomic mass is 79.9. The Balaban J connectivity index is 1.85. The number of non-ortho nitro benzene ring substituents is 1. The lowest BCUT2D eigenvalue weighted by Crippen LogP contribution is -2.28. The maximum Gasteiger partial charge on any atom is 0.269 e. The van der Waals surface area contributed by atoms with Crippen LogP contribution < -0.4 is 4.90 Å². The van der Waals surface area contributed by atoms with Gasteiger partial charge in [0, 0.05) is 36.2 Å².